The minimum atomic E-state index is -1.01. The van der Waals surface area contributed by atoms with Crippen molar-refractivity contribution in [3.05, 3.63) is 11.8 Å². The first-order valence-corrected chi connectivity index (χ1v) is 7.23. The Morgan fingerprint density at radius 3 is 2.24 bits per heavy atom. The third kappa shape index (κ3) is 4.06. The Morgan fingerprint density at radius 2 is 1.86 bits per heavy atom. The zero-order valence-electron chi connectivity index (χ0n) is 13.4. The van der Waals surface area contributed by atoms with Crippen molar-refractivity contribution in [2.24, 2.45) is 5.41 Å². The summed E-state index contributed by atoms with van der Waals surface area (Å²) in [4.78, 5) is 23.5. The van der Waals surface area contributed by atoms with Crippen LogP contribution in [0.15, 0.2) is 6.07 Å². The lowest BCUT2D eigenvalue weighted by Gasteiger charge is -2.25. The molecule has 6 heteroatoms. The molecule has 0 aromatic carbocycles. The molecule has 0 aliphatic heterocycles. The van der Waals surface area contributed by atoms with Gasteiger partial charge in [0.25, 0.3) is 0 Å². The van der Waals surface area contributed by atoms with Crippen LogP contribution in [0.1, 0.15) is 59.6 Å². The molecule has 0 aliphatic rings. The lowest BCUT2D eigenvalue weighted by molar-refractivity contribution is -0.151. The predicted octanol–water partition coefficient (Wildman–Crippen LogP) is 2.93. The van der Waals surface area contributed by atoms with E-state index in [0.717, 1.165) is 5.69 Å². The minimum absolute atomic E-state index is 0.0486. The third-order valence-corrected chi connectivity index (χ3v) is 3.96. The number of aromatic amines is 1. The number of carboxylic acids is 1. The highest BCUT2D eigenvalue weighted by molar-refractivity contribution is 5.93. The minimum Gasteiger partial charge on any atom is -0.481 e. The molecule has 0 bridgehead atoms. The van der Waals surface area contributed by atoms with Gasteiger partial charge in [-0.2, -0.15) is 5.10 Å². The van der Waals surface area contributed by atoms with E-state index in [1.54, 1.807) is 19.9 Å². The Bertz CT molecular complexity index is 510. The van der Waals surface area contributed by atoms with Crippen molar-refractivity contribution in [3.8, 4) is 0 Å². The molecule has 0 aliphatic carbocycles. The predicted molar refractivity (Wildman–Crippen MR) is 81.2 cm³/mol. The monoisotopic (exact) mass is 295 g/mol. The van der Waals surface area contributed by atoms with Gasteiger partial charge in [-0.3, -0.25) is 14.7 Å². The van der Waals surface area contributed by atoms with Crippen LogP contribution < -0.4 is 5.32 Å². The van der Waals surface area contributed by atoms with Crippen LogP contribution >= 0.6 is 0 Å². The van der Waals surface area contributed by atoms with Crippen LogP contribution in [0, 0.1) is 5.41 Å². The Hall–Kier alpha value is -1.85. The van der Waals surface area contributed by atoms with Gasteiger partial charge in [0.2, 0.25) is 5.91 Å². The number of anilines is 1. The van der Waals surface area contributed by atoms with Crippen LogP contribution in [-0.2, 0) is 15.0 Å². The van der Waals surface area contributed by atoms with Crippen molar-refractivity contribution in [2.75, 3.05) is 5.32 Å². The molecule has 1 rings (SSSR count). The zero-order valence-corrected chi connectivity index (χ0v) is 13.4. The second-order valence-corrected chi connectivity index (χ2v) is 6.43. The van der Waals surface area contributed by atoms with Crippen LogP contribution in [0.5, 0.6) is 0 Å². The average molecular weight is 295 g/mol. The van der Waals surface area contributed by atoms with Crippen molar-refractivity contribution < 1.29 is 14.7 Å². The van der Waals surface area contributed by atoms with Crippen molar-refractivity contribution in [1.82, 2.24) is 10.2 Å². The fraction of sp³-hybridized carbons (Fsp3) is 0.667. The Morgan fingerprint density at radius 1 is 1.29 bits per heavy atom. The largest absolute Gasteiger partial charge is 0.481 e. The molecule has 1 aromatic heterocycles. The summed E-state index contributed by atoms with van der Waals surface area (Å²) >= 11 is 0. The van der Waals surface area contributed by atoms with Crippen LogP contribution in [0.25, 0.3) is 0 Å². The van der Waals surface area contributed by atoms with E-state index in [0.29, 0.717) is 18.7 Å². The first kappa shape index (κ1) is 17.2. The fourth-order valence-corrected chi connectivity index (χ4v) is 2.14. The molecular formula is C15H25N3O3. The Balaban J connectivity index is 2.78. The van der Waals surface area contributed by atoms with Gasteiger partial charge in [0.05, 0.1) is 5.41 Å². The quantitative estimate of drug-likeness (QED) is 0.752. The molecule has 1 amide bonds. The van der Waals surface area contributed by atoms with Crippen LogP contribution in [0.4, 0.5) is 5.82 Å². The van der Waals surface area contributed by atoms with Gasteiger partial charge < -0.3 is 10.4 Å². The summed E-state index contributed by atoms with van der Waals surface area (Å²) in [6.45, 7) is 9.69. The summed E-state index contributed by atoms with van der Waals surface area (Å²) in [7, 11) is 0. The van der Waals surface area contributed by atoms with Crippen molar-refractivity contribution in [2.45, 2.75) is 59.3 Å². The highest BCUT2D eigenvalue weighted by Crippen LogP contribution is 2.31. The summed E-state index contributed by atoms with van der Waals surface area (Å²) in [6, 6.07) is 1.78. The first-order chi connectivity index (χ1) is 9.64. The number of nitrogens with zero attached hydrogens (tertiary/aromatic N) is 1. The highest BCUT2D eigenvalue weighted by atomic mass is 16.4. The number of carbonyl (C=O) groups excluding carboxylic acids is 1. The number of hydrogen-bond acceptors (Lipinski definition) is 3. The van der Waals surface area contributed by atoms with Gasteiger partial charge in [0.1, 0.15) is 0 Å². The maximum Gasteiger partial charge on any atom is 0.310 e. The molecule has 0 saturated heterocycles. The number of amides is 1. The van der Waals surface area contributed by atoms with E-state index in [-0.39, 0.29) is 17.7 Å². The zero-order chi connectivity index (χ0) is 16.3. The topological polar surface area (TPSA) is 95.1 Å². The summed E-state index contributed by atoms with van der Waals surface area (Å²) in [5, 5.41) is 18.9. The van der Waals surface area contributed by atoms with E-state index in [2.05, 4.69) is 15.5 Å². The number of aromatic nitrogens is 2. The Kier molecular flexibility index (Phi) is 5.15. The molecule has 1 heterocycles. The third-order valence-electron chi connectivity index (χ3n) is 3.96. The molecular weight excluding hydrogens is 270 g/mol. The lowest BCUT2D eigenvalue weighted by atomic mass is 9.79. The lowest BCUT2D eigenvalue weighted by Crippen LogP contribution is -2.34. The molecule has 0 fully saturated rings. The molecule has 0 saturated carbocycles. The van der Waals surface area contributed by atoms with Gasteiger partial charge in [-0.1, -0.05) is 34.6 Å². The number of hydrogen-bond donors (Lipinski definition) is 3. The van der Waals surface area contributed by atoms with Crippen LogP contribution in [0.2, 0.25) is 0 Å². The smallest absolute Gasteiger partial charge is 0.310 e. The van der Waals surface area contributed by atoms with Crippen molar-refractivity contribution >= 4 is 17.7 Å². The number of carboxylic acid groups (broad SMARTS) is 1. The van der Waals surface area contributed by atoms with Gasteiger partial charge in [0.15, 0.2) is 5.82 Å². The molecule has 0 radical (unpaired) electrons. The van der Waals surface area contributed by atoms with E-state index >= 15 is 0 Å². The summed E-state index contributed by atoms with van der Waals surface area (Å²) in [6.07, 6.45) is 0.785. The normalized spacial score (nSPS) is 12.2. The second-order valence-electron chi connectivity index (χ2n) is 6.43. The maximum absolute atomic E-state index is 12.1. The summed E-state index contributed by atoms with van der Waals surface area (Å²) < 4.78 is 0. The van der Waals surface area contributed by atoms with Gasteiger partial charge in [-0.25, -0.2) is 0 Å². The molecule has 21 heavy (non-hydrogen) atoms. The fourth-order valence-electron chi connectivity index (χ4n) is 2.14. The molecule has 0 unspecified atom stereocenters. The van der Waals surface area contributed by atoms with Gasteiger partial charge in [-0.15, -0.1) is 0 Å². The molecule has 118 valence electrons. The average Bonchev–Trinajstić information content (AvgIpc) is 2.84. The van der Waals surface area contributed by atoms with Gasteiger partial charge in [-0.05, 0) is 12.8 Å². The van der Waals surface area contributed by atoms with Crippen LogP contribution in [0.3, 0.4) is 0 Å². The standard InChI is InChI=1S/C15H25N3O3/c1-6-15(7-2,13(20)21)9-12(19)16-11-8-10(17-18-11)14(3,4)5/h8H,6-7,9H2,1-5H3,(H,20,21)(H2,16,17,18,19). The van der Waals surface area contributed by atoms with E-state index in [9.17, 15) is 14.7 Å². The Labute approximate surface area is 125 Å². The summed E-state index contributed by atoms with van der Waals surface area (Å²) in [5.41, 5.74) is -0.186. The van der Waals surface area contributed by atoms with Gasteiger partial charge >= 0.3 is 5.97 Å². The van der Waals surface area contributed by atoms with E-state index in [4.69, 9.17) is 0 Å². The number of carbonyl (C=O) groups is 2. The van der Waals surface area contributed by atoms with E-state index in [1.807, 2.05) is 20.8 Å². The number of H-pyrrole nitrogens is 1. The number of nitrogens with one attached hydrogen (secondary N) is 2. The molecule has 6 nitrogen and oxygen atoms in total. The second kappa shape index (κ2) is 6.28. The van der Waals surface area contributed by atoms with Gasteiger partial charge in [0, 0.05) is 23.6 Å². The van der Waals surface area contributed by atoms with Crippen molar-refractivity contribution in [3.63, 3.8) is 0 Å². The van der Waals surface area contributed by atoms with E-state index < -0.39 is 11.4 Å². The maximum atomic E-state index is 12.1. The van der Waals surface area contributed by atoms with Crippen molar-refractivity contribution in [1.29, 1.82) is 0 Å². The molecule has 0 spiro atoms. The highest BCUT2D eigenvalue weighted by Gasteiger charge is 2.37. The SMILES string of the molecule is CCC(CC)(CC(=O)Nc1cc(C(C)(C)C)[nH]n1)C(=O)O. The molecule has 3 N–H and O–H groups in total. The molecule has 0 atom stereocenters. The van der Waals surface area contributed by atoms with Crippen LogP contribution in [-0.4, -0.2) is 27.2 Å². The molecule has 1 aromatic rings. The summed E-state index contributed by atoms with van der Waals surface area (Å²) in [5.74, 6) is -0.829. The van der Waals surface area contributed by atoms with E-state index in [1.165, 1.54) is 0 Å². The number of aliphatic carboxylic acids is 1. The number of rotatable bonds is 6. The first-order valence-electron chi connectivity index (χ1n) is 7.23.